The fourth-order valence-electron chi connectivity index (χ4n) is 1.71. The average molecular weight is 196 g/mol. The predicted molar refractivity (Wildman–Crippen MR) is 57.2 cm³/mol. The van der Waals surface area contributed by atoms with Crippen LogP contribution in [0.3, 0.4) is 0 Å². The van der Waals surface area contributed by atoms with Crippen LogP contribution in [0.1, 0.15) is 31.4 Å². The molecule has 72 valence electrons. The third-order valence-electron chi connectivity index (χ3n) is 2.63. The first-order chi connectivity index (χ1) is 6.40. The minimum absolute atomic E-state index is 0.668. The van der Waals surface area contributed by atoms with Crippen LogP contribution in [0.4, 0.5) is 0 Å². The molecule has 0 atom stereocenters. The molecule has 2 nitrogen and oxygen atoms in total. The molecule has 0 N–H and O–H groups in total. The highest BCUT2D eigenvalue weighted by atomic mass is 32.2. The van der Waals surface area contributed by atoms with Crippen molar-refractivity contribution < 1.29 is 0 Å². The zero-order chi connectivity index (χ0) is 9.10. The van der Waals surface area contributed by atoms with Gasteiger partial charge in [0.2, 0.25) is 0 Å². The SMILES string of the molecule is CCc1cnn(C2CCSCC2)c1. The number of rotatable bonds is 2. The molecule has 2 heterocycles. The summed E-state index contributed by atoms with van der Waals surface area (Å²) in [6.45, 7) is 2.18. The molecule has 1 aromatic heterocycles. The van der Waals surface area contributed by atoms with Crippen LogP contribution in [0.2, 0.25) is 0 Å². The number of thioether (sulfide) groups is 1. The van der Waals surface area contributed by atoms with Crippen molar-refractivity contribution >= 4 is 11.8 Å². The van der Waals surface area contributed by atoms with Crippen molar-refractivity contribution in [3.05, 3.63) is 18.0 Å². The third-order valence-corrected chi connectivity index (χ3v) is 3.68. The van der Waals surface area contributed by atoms with Crippen LogP contribution in [0.25, 0.3) is 0 Å². The summed E-state index contributed by atoms with van der Waals surface area (Å²) in [4.78, 5) is 0. The molecule has 3 heteroatoms. The Bertz CT molecular complexity index is 264. The molecule has 0 amide bonds. The maximum Gasteiger partial charge on any atom is 0.0535 e. The second kappa shape index (κ2) is 4.18. The second-order valence-electron chi connectivity index (χ2n) is 3.53. The number of nitrogens with zero attached hydrogens (tertiary/aromatic N) is 2. The van der Waals surface area contributed by atoms with Gasteiger partial charge in [0.15, 0.2) is 0 Å². The summed E-state index contributed by atoms with van der Waals surface area (Å²) >= 11 is 2.06. The van der Waals surface area contributed by atoms with Crippen LogP contribution in [-0.4, -0.2) is 21.3 Å². The first kappa shape index (κ1) is 9.13. The Morgan fingerprint density at radius 1 is 1.54 bits per heavy atom. The quantitative estimate of drug-likeness (QED) is 0.723. The van der Waals surface area contributed by atoms with E-state index in [1.54, 1.807) is 0 Å². The molecule has 0 aliphatic carbocycles. The molecule has 0 bridgehead atoms. The van der Waals surface area contributed by atoms with Gasteiger partial charge in [0, 0.05) is 6.20 Å². The van der Waals surface area contributed by atoms with E-state index in [-0.39, 0.29) is 0 Å². The summed E-state index contributed by atoms with van der Waals surface area (Å²) in [5.74, 6) is 2.60. The summed E-state index contributed by atoms with van der Waals surface area (Å²) in [7, 11) is 0. The standard InChI is InChI=1S/C10H16N2S/c1-2-9-7-11-12(8-9)10-3-5-13-6-4-10/h7-8,10H,2-6H2,1H3. The van der Waals surface area contributed by atoms with E-state index in [4.69, 9.17) is 0 Å². The Kier molecular flexibility index (Phi) is 2.94. The highest BCUT2D eigenvalue weighted by Gasteiger charge is 2.15. The largest absolute Gasteiger partial charge is 0.269 e. The zero-order valence-electron chi connectivity index (χ0n) is 8.07. The molecule has 2 rings (SSSR count). The van der Waals surface area contributed by atoms with Crippen LogP contribution in [0.5, 0.6) is 0 Å². The van der Waals surface area contributed by atoms with Crippen molar-refractivity contribution in [2.24, 2.45) is 0 Å². The predicted octanol–water partition coefficient (Wildman–Crippen LogP) is 2.51. The summed E-state index contributed by atoms with van der Waals surface area (Å²) in [5, 5.41) is 4.42. The molecule has 0 spiro atoms. The Balaban J connectivity index is 2.05. The van der Waals surface area contributed by atoms with Gasteiger partial charge >= 0.3 is 0 Å². The molecular weight excluding hydrogens is 180 g/mol. The molecule has 1 aliphatic heterocycles. The van der Waals surface area contributed by atoms with Crippen molar-refractivity contribution in [2.75, 3.05) is 11.5 Å². The normalized spacial score (nSPS) is 19.2. The first-order valence-corrected chi connectivity index (χ1v) is 6.16. The van der Waals surface area contributed by atoms with E-state index in [0.29, 0.717) is 6.04 Å². The Hall–Kier alpha value is -0.440. The zero-order valence-corrected chi connectivity index (χ0v) is 8.89. The van der Waals surface area contributed by atoms with Gasteiger partial charge in [-0.05, 0) is 36.3 Å². The van der Waals surface area contributed by atoms with E-state index < -0.39 is 0 Å². The first-order valence-electron chi connectivity index (χ1n) is 5.01. The number of aromatic nitrogens is 2. The fraction of sp³-hybridized carbons (Fsp3) is 0.700. The van der Waals surface area contributed by atoms with Gasteiger partial charge in [-0.15, -0.1) is 0 Å². The van der Waals surface area contributed by atoms with Gasteiger partial charge in [0.05, 0.1) is 12.2 Å². The molecule has 0 unspecified atom stereocenters. The van der Waals surface area contributed by atoms with Crippen LogP contribution in [0, 0.1) is 0 Å². The fourth-order valence-corrected chi connectivity index (χ4v) is 2.79. The minimum atomic E-state index is 0.668. The van der Waals surface area contributed by atoms with Crippen molar-refractivity contribution in [2.45, 2.75) is 32.2 Å². The summed E-state index contributed by atoms with van der Waals surface area (Å²) in [5.41, 5.74) is 1.36. The average Bonchev–Trinajstić information content (AvgIpc) is 2.67. The van der Waals surface area contributed by atoms with Gasteiger partial charge < -0.3 is 0 Å². The van der Waals surface area contributed by atoms with E-state index in [1.807, 2.05) is 6.20 Å². The van der Waals surface area contributed by atoms with Crippen molar-refractivity contribution in [3.63, 3.8) is 0 Å². The highest BCUT2D eigenvalue weighted by molar-refractivity contribution is 7.99. The Morgan fingerprint density at radius 2 is 2.31 bits per heavy atom. The van der Waals surface area contributed by atoms with Gasteiger partial charge in [-0.2, -0.15) is 16.9 Å². The lowest BCUT2D eigenvalue weighted by Crippen LogP contribution is -2.15. The van der Waals surface area contributed by atoms with Crippen LogP contribution < -0.4 is 0 Å². The van der Waals surface area contributed by atoms with Crippen LogP contribution in [-0.2, 0) is 6.42 Å². The van der Waals surface area contributed by atoms with E-state index in [1.165, 1.54) is 29.9 Å². The summed E-state index contributed by atoms with van der Waals surface area (Å²) in [6.07, 6.45) is 7.88. The Labute approximate surface area is 83.7 Å². The van der Waals surface area contributed by atoms with E-state index in [0.717, 1.165) is 6.42 Å². The summed E-state index contributed by atoms with van der Waals surface area (Å²) < 4.78 is 2.17. The van der Waals surface area contributed by atoms with Gasteiger partial charge in [-0.1, -0.05) is 6.92 Å². The Morgan fingerprint density at radius 3 is 2.92 bits per heavy atom. The van der Waals surface area contributed by atoms with Crippen molar-refractivity contribution in [3.8, 4) is 0 Å². The monoisotopic (exact) mass is 196 g/mol. The maximum atomic E-state index is 4.42. The number of aryl methyl sites for hydroxylation is 1. The molecule has 1 saturated heterocycles. The van der Waals surface area contributed by atoms with Gasteiger partial charge in [-0.3, -0.25) is 4.68 Å². The maximum absolute atomic E-state index is 4.42. The molecule has 13 heavy (non-hydrogen) atoms. The van der Waals surface area contributed by atoms with Gasteiger partial charge in [-0.25, -0.2) is 0 Å². The molecule has 1 aromatic rings. The number of hydrogen-bond acceptors (Lipinski definition) is 2. The second-order valence-corrected chi connectivity index (χ2v) is 4.75. The van der Waals surface area contributed by atoms with E-state index in [2.05, 4.69) is 34.7 Å². The molecular formula is C10H16N2S. The van der Waals surface area contributed by atoms with Crippen LogP contribution >= 0.6 is 11.8 Å². The molecule has 1 aliphatic rings. The molecule has 1 fully saturated rings. The van der Waals surface area contributed by atoms with Crippen molar-refractivity contribution in [1.29, 1.82) is 0 Å². The third kappa shape index (κ3) is 2.08. The van der Waals surface area contributed by atoms with E-state index >= 15 is 0 Å². The molecule has 0 saturated carbocycles. The smallest absolute Gasteiger partial charge is 0.0535 e. The summed E-state index contributed by atoms with van der Waals surface area (Å²) in [6, 6.07) is 0.668. The van der Waals surface area contributed by atoms with Gasteiger partial charge in [0.1, 0.15) is 0 Å². The molecule has 0 aromatic carbocycles. The lowest BCUT2D eigenvalue weighted by molar-refractivity contribution is 0.426. The van der Waals surface area contributed by atoms with E-state index in [9.17, 15) is 0 Å². The topological polar surface area (TPSA) is 17.8 Å². The van der Waals surface area contributed by atoms with Crippen LogP contribution in [0.15, 0.2) is 12.4 Å². The minimum Gasteiger partial charge on any atom is -0.269 e. The lowest BCUT2D eigenvalue weighted by Gasteiger charge is -2.21. The molecule has 0 radical (unpaired) electrons. The lowest BCUT2D eigenvalue weighted by atomic mass is 10.1. The highest BCUT2D eigenvalue weighted by Crippen LogP contribution is 2.26. The number of hydrogen-bond donors (Lipinski definition) is 0. The van der Waals surface area contributed by atoms with Crippen molar-refractivity contribution in [1.82, 2.24) is 9.78 Å². The van der Waals surface area contributed by atoms with Gasteiger partial charge in [0.25, 0.3) is 0 Å².